The largest absolute Gasteiger partial charge is 0.393 e. The number of halogens is 1. The minimum Gasteiger partial charge on any atom is -0.393 e. The number of nitrogens with two attached hydrogens (primary N) is 1. The van der Waals surface area contributed by atoms with Crippen LogP contribution in [0.3, 0.4) is 0 Å². The Kier molecular flexibility index (Phi) is 4.26. The standard InChI is InChI=1S/C15H20FN5/c1-15(2,3)21-14-12(17)13(19-9-20-14)18-8-10-4-6-11(16)7-5-10/h4-7,9H,8,17H2,1-3H3,(H2,18,19,20,21). The summed E-state index contributed by atoms with van der Waals surface area (Å²) in [5, 5.41) is 6.37. The molecule has 0 saturated carbocycles. The van der Waals surface area contributed by atoms with Crippen LogP contribution in [0.1, 0.15) is 26.3 Å². The molecule has 0 radical (unpaired) electrons. The lowest BCUT2D eigenvalue weighted by Gasteiger charge is -2.22. The van der Waals surface area contributed by atoms with Gasteiger partial charge in [-0.15, -0.1) is 0 Å². The van der Waals surface area contributed by atoms with E-state index in [1.807, 2.05) is 20.8 Å². The Morgan fingerprint density at radius 1 is 1.10 bits per heavy atom. The summed E-state index contributed by atoms with van der Waals surface area (Å²) in [6.07, 6.45) is 1.46. The van der Waals surface area contributed by atoms with Crippen LogP contribution >= 0.6 is 0 Å². The van der Waals surface area contributed by atoms with E-state index in [2.05, 4.69) is 20.6 Å². The molecule has 1 aromatic carbocycles. The van der Waals surface area contributed by atoms with Gasteiger partial charge in [0, 0.05) is 12.1 Å². The molecule has 0 unspecified atom stereocenters. The number of nitrogens with zero attached hydrogens (tertiary/aromatic N) is 2. The highest BCUT2D eigenvalue weighted by Gasteiger charge is 2.14. The smallest absolute Gasteiger partial charge is 0.155 e. The van der Waals surface area contributed by atoms with E-state index in [0.717, 1.165) is 5.56 Å². The Bertz CT molecular complexity index is 604. The van der Waals surface area contributed by atoms with Gasteiger partial charge in [-0.2, -0.15) is 0 Å². The molecule has 0 spiro atoms. The number of nitrogens with one attached hydrogen (secondary N) is 2. The molecule has 1 aromatic heterocycles. The number of rotatable bonds is 4. The molecule has 1 heterocycles. The normalized spacial score (nSPS) is 11.2. The summed E-state index contributed by atoms with van der Waals surface area (Å²) >= 11 is 0. The van der Waals surface area contributed by atoms with Crippen LogP contribution in [0, 0.1) is 5.82 Å². The second-order valence-corrected chi connectivity index (χ2v) is 5.84. The molecule has 0 aliphatic rings. The fourth-order valence-corrected chi connectivity index (χ4v) is 1.78. The second kappa shape index (κ2) is 5.95. The SMILES string of the molecule is CC(C)(C)Nc1ncnc(NCc2ccc(F)cc2)c1N. The molecule has 0 saturated heterocycles. The predicted octanol–water partition coefficient (Wildman–Crippen LogP) is 3.02. The third-order valence-electron chi connectivity index (χ3n) is 2.75. The van der Waals surface area contributed by atoms with E-state index in [1.54, 1.807) is 12.1 Å². The molecule has 0 aliphatic carbocycles. The van der Waals surface area contributed by atoms with Crippen LogP contribution in [0.5, 0.6) is 0 Å². The highest BCUT2D eigenvalue weighted by atomic mass is 19.1. The molecule has 0 amide bonds. The van der Waals surface area contributed by atoms with E-state index < -0.39 is 0 Å². The highest BCUT2D eigenvalue weighted by Crippen LogP contribution is 2.25. The third-order valence-corrected chi connectivity index (χ3v) is 2.75. The summed E-state index contributed by atoms with van der Waals surface area (Å²) < 4.78 is 12.9. The quantitative estimate of drug-likeness (QED) is 0.806. The monoisotopic (exact) mass is 289 g/mol. The first-order valence-electron chi connectivity index (χ1n) is 6.72. The molecular weight excluding hydrogens is 269 g/mol. The second-order valence-electron chi connectivity index (χ2n) is 5.84. The highest BCUT2D eigenvalue weighted by molar-refractivity contribution is 5.74. The number of hydrogen-bond donors (Lipinski definition) is 3. The zero-order chi connectivity index (χ0) is 15.5. The molecule has 0 fully saturated rings. The Morgan fingerprint density at radius 3 is 2.33 bits per heavy atom. The Labute approximate surface area is 123 Å². The minimum atomic E-state index is -0.253. The fourth-order valence-electron chi connectivity index (χ4n) is 1.78. The summed E-state index contributed by atoms with van der Waals surface area (Å²) in [5.74, 6) is 0.900. The molecule has 6 heteroatoms. The lowest BCUT2D eigenvalue weighted by molar-refractivity contribution is 0.627. The maximum atomic E-state index is 12.9. The molecule has 112 valence electrons. The van der Waals surface area contributed by atoms with Crippen LogP contribution in [-0.4, -0.2) is 15.5 Å². The number of anilines is 3. The first-order chi connectivity index (χ1) is 9.85. The molecular formula is C15H20FN5. The van der Waals surface area contributed by atoms with E-state index in [0.29, 0.717) is 23.9 Å². The number of hydrogen-bond acceptors (Lipinski definition) is 5. The molecule has 4 N–H and O–H groups in total. The van der Waals surface area contributed by atoms with Gasteiger partial charge in [0.25, 0.3) is 0 Å². The maximum absolute atomic E-state index is 12.9. The first kappa shape index (κ1) is 15.0. The fraction of sp³-hybridized carbons (Fsp3) is 0.333. The number of aromatic nitrogens is 2. The van der Waals surface area contributed by atoms with Crippen molar-refractivity contribution in [3.63, 3.8) is 0 Å². The van der Waals surface area contributed by atoms with Crippen molar-refractivity contribution in [1.29, 1.82) is 0 Å². The van der Waals surface area contributed by atoms with Crippen molar-refractivity contribution in [2.45, 2.75) is 32.9 Å². The zero-order valence-corrected chi connectivity index (χ0v) is 12.4. The van der Waals surface area contributed by atoms with Crippen molar-refractivity contribution < 1.29 is 4.39 Å². The number of benzene rings is 1. The first-order valence-corrected chi connectivity index (χ1v) is 6.72. The average Bonchev–Trinajstić information content (AvgIpc) is 2.40. The summed E-state index contributed by atoms with van der Waals surface area (Å²) in [4.78, 5) is 8.29. The van der Waals surface area contributed by atoms with Crippen molar-refractivity contribution in [2.24, 2.45) is 0 Å². The maximum Gasteiger partial charge on any atom is 0.155 e. The lowest BCUT2D eigenvalue weighted by atomic mass is 10.1. The minimum absolute atomic E-state index is 0.142. The van der Waals surface area contributed by atoms with Crippen LogP contribution in [0.2, 0.25) is 0 Å². The average molecular weight is 289 g/mol. The predicted molar refractivity (Wildman–Crippen MR) is 83.5 cm³/mol. The van der Waals surface area contributed by atoms with Crippen LogP contribution in [0.15, 0.2) is 30.6 Å². The Morgan fingerprint density at radius 2 is 1.71 bits per heavy atom. The summed E-state index contributed by atoms with van der Waals surface area (Å²) in [5.41, 5.74) is 7.34. The molecule has 0 aliphatic heterocycles. The van der Waals surface area contributed by atoms with Crippen molar-refractivity contribution in [3.8, 4) is 0 Å². The molecule has 0 atom stereocenters. The van der Waals surface area contributed by atoms with Gasteiger partial charge in [0.2, 0.25) is 0 Å². The van der Waals surface area contributed by atoms with E-state index in [-0.39, 0.29) is 11.4 Å². The summed E-state index contributed by atoms with van der Waals surface area (Å²) in [7, 11) is 0. The van der Waals surface area contributed by atoms with Gasteiger partial charge in [-0.3, -0.25) is 0 Å². The van der Waals surface area contributed by atoms with Crippen molar-refractivity contribution in [2.75, 3.05) is 16.4 Å². The molecule has 5 nitrogen and oxygen atoms in total. The molecule has 2 rings (SSSR count). The number of nitrogen functional groups attached to an aromatic ring is 1. The van der Waals surface area contributed by atoms with Crippen LogP contribution in [0.4, 0.5) is 21.7 Å². The van der Waals surface area contributed by atoms with Crippen molar-refractivity contribution >= 4 is 17.3 Å². The van der Waals surface area contributed by atoms with Gasteiger partial charge in [0.15, 0.2) is 11.6 Å². The van der Waals surface area contributed by atoms with Gasteiger partial charge in [0.1, 0.15) is 17.8 Å². The van der Waals surface area contributed by atoms with Crippen LogP contribution < -0.4 is 16.4 Å². The van der Waals surface area contributed by atoms with Crippen LogP contribution in [0.25, 0.3) is 0 Å². The molecule has 0 bridgehead atoms. The van der Waals surface area contributed by atoms with Gasteiger partial charge in [-0.25, -0.2) is 14.4 Å². The topological polar surface area (TPSA) is 75.9 Å². The summed E-state index contributed by atoms with van der Waals surface area (Å²) in [6, 6.07) is 6.28. The van der Waals surface area contributed by atoms with Gasteiger partial charge in [-0.05, 0) is 38.5 Å². The Balaban J connectivity index is 2.10. The Hall–Kier alpha value is -2.37. The zero-order valence-electron chi connectivity index (χ0n) is 12.4. The van der Waals surface area contributed by atoms with Gasteiger partial charge < -0.3 is 16.4 Å². The van der Waals surface area contributed by atoms with Gasteiger partial charge >= 0.3 is 0 Å². The van der Waals surface area contributed by atoms with Gasteiger partial charge in [-0.1, -0.05) is 12.1 Å². The van der Waals surface area contributed by atoms with Crippen molar-refractivity contribution in [1.82, 2.24) is 9.97 Å². The van der Waals surface area contributed by atoms with Crippen molar-refractivity contribution in [3.05, 3.63) is 42.0 Å². The third kappa shape index (κ3) is 4.30. The van der Waals surface area contributed by atoms with Crippen LogP contribution in [-0.2, 0) is 6.54 Å². The summed E-state index contributed by atoms with van der Waals surface area (Å²) in [6.45, 7) is 6.59. The van der Waals surface area contributed by atoms with Gasteiger partial charge in [0.05, 0.1) is 0 Å². The molecule has 21 heavy (non-hydrogen) atoms. The van der Waals surface area contributed by atoms with E-state index in [1.165, 1.54) is 18.5 Å². The van der Waals surface area contributed by atoms with E-state index >= 15 is 0 Å². The van der Waals surface area contributed by atoms with E-state index in [4.69, 9.17) is 5.73 Å². The van der Waals surface area contributed by atoms with E-state index in [9.17, 15) is 4.39 Å². The lowest BCUT2D eigenvalue weighted by Crippen LogP contribution is -2.27. The molecule has 2 aromatic rings.